The number of fused-ring (bicyclic) bond motifs is 1. The zero-order valence-electron chi connectivity index (χ0n) is 13.0. The summed E-state index contributed by atoms with van der Waals surface area (Å²) in [5, 5.41) is 10.9. The van der Waals surface area contributed by atoms with E-state index in [1.807, 2.05) is 24.3 Å². The third kappa shape index (κ3) is 3.09. The number of hydrogen-bond acceptors (Lipinski definition) is 4. The first-order valence-electron chi connectivity index (χ1n) is 7.66. The van der Waals surface area contributed by atoms with Crippen LogP contribution < -0.4 is 0 Å². The molecule has 0 aliphatic carbocycles. The van der Waals surface area contributed by atoms with E-state index >= 15 is 0 Å². The SMILES string of the molecule is COCC1(C(=O)O)CCN(Cc2c(Cl)oc3ccccc23)CC1. The molecule has 1 N–H and O–H groups in total. The van der Waals surface area contributed by atoms with E-state index in [0.717, 1.165) is 16.5 Å². The van der Waals surface area contributed by atoms with Crippen molar-refractivity contribution in [3.05, 3.63) is 35.0 Å². The topological polar surface area (TPSA) is 62.9 Å². The third-order valence-corrected chi connectivity index (χ3v) is 5.02. The Morgan fingerprint density at radius 2 is 2.09 bits per heavy atom. The molecular formula is C17H20ClNO4. The van der Waals surface area contributed by atoms with Crippen LogP contribution in [0.3, 0.4) is 0 Å². The first-order chi connectivity index (χ1) is 11.1. The number of methoxy groups -OCH3 is 1. The Kier molecular flexibility index (Phi) is 4.62. The molecule has 1 fully saturated rings. The van der Waals surface area contributed by atoms with Gasteiger partial charge in [0.1, 0.15) is 5.58 Å². The lowest BCUT2D eigenvalue weighted by molar-refractivity contribution is -0.156. The highest BCUT2D eigenvalue weighted by atomic mass is 35.5. The van der Waals surface area contributed by atoms with Gasteiger partial charge in [-0.1, -0.05) is 18.2 Å². The van der Waals surface area contributed by atoms with Crippen molar-refractivity contribution in [3.63, 3.8) is 0 Å². The number of rotatable bonds is 5. The van der Waals surface area contributed by atoms with Gasteiger partial charge in [-0.15, -0.1) is 0 Å². The molecule has 3 rings (SSSR count). The predicted octanol–water partition coefficient (Wildman–Crippen LogP) is 3.40. The van der Waals surface area contributed by atoms with Crippen molar-refractivity contribution in [1.82, 2.24) is 4.90 Å². The fourth-order valence-corrected chi connectivity index (χ4v) is 3.52. The van der Waals surface area contributed by atoms with E-state index in [1.165, 1.54) is 0 Å². The molecule has 5 nitrogen and oxygen atoms in total. The van der Waals surface area contributed by atoms with Crippen LogP contribution in [0.4, 0.5) is 0 Å². The van der Waals surface area contributed by atoms with E-state index in [1.54, 1.807) is 7.11 Å². The molecule has 1 aliphatic heterocycles. The van der Waals surface area contributed by atoms with Crippen LogP contribution in [0.2, 0.25) is 5.22 Å². The van der Waals surface area contributed by atoms with Crippen LogP contribution in [0.25, 0.3) is 11.0 Å². The van der Waals surface area contributed by atoms with Crippen molar-refractivity contribution in [1.29, 1.82) is 0 Å². The maximum Gasteiger partial charge on any atom is 0.312 e. The number of para-hydroxylation sites is 1. The molecule has 0 atom stereocenters. The molecule has 0 saturated carbocycles. The zero-order valence-corrected chi connectivity index (χ0v) is 13.8. The highest BCUT2D eigenvalue weighted by Gasteiger charge is 2.41. The molecule has 1 aromatic carbocycles. The Morgan fingerprint density at radius 1 is 1.39 bits per heavy atom. The Hall–Kier alpha value is -1.56. The van der Waals surface area contributed by atoms with Crippen LogP contribution in [-0.2, 0) is 16.1 Å². The van der Waals surface area contributed by atoms with Gasteiger partial charge in [-0.05, 0) is 43.6 Å². The van der Waals surface area contributed by atoms with Crippen LogP contribution in [0.5, 0.6) is 0 Å². The first kappa shape index (κ1) is 16.3. The first-order valence-corrected chi connectivity index (χ1v) is 8.04. The highest BCUT2D eigenvalue weighted by molar-refractivity contribution is 6.30. The summed E-state index contributed by atoms with van der Waals surface area (Å²) in [6.07, 6.45) is 1.15. The molecule has 124 valence electrons. The number of carboxylic acids is 1. The van der Waals surface area contributed by atoms with Crippen molar-refractivity contribution < 1.29 is 19.1 Å². The van der Waals surface area contributed by atoms with E-state index in [4.69, 9.17) is 20.8 Å². The normalized spacial score (nSPS) is 18.3. The maximum atomic E-state index is 11.6. The van der Waals surface area contributed by atoms with Crippen molar-refractivity contribution >= 4 is 28.5 Å². The number of piperidine rings is 1. The number of hydrogen-bond donors (Lipinski definition) is 1. The lowest BCUT2D eigenvalue weighted by atomic mass is 9.79. The molecule has 0 spiro atoms. The standard InChI is InChI=1S/C17H20ClNO4/c1-22-11-17(16(20)21)6-8-19(9-7-17)10-13-12-4-2-3-5-14(12)23-15(13)18/h2-5H,6-11H2,1H3,(H,20,21). The number of halogens is 1. The summed E-state index contributed by atoms with van der Waals surface area (Å²) >= 11 is 6.24. The van der Waals surface area contributed by atoms with Crippen LogP contribution >= 0.6 is 11.6 Å². The molecule has 6 heteroatoms. The van der Waals surface area contributed by atoms with E-state index in [9.17, 15) is 9.90 Å². The molecule has 0 unspecified atom stereocenters. The van der Waals surface area contributed by atoms with Crippen LogP contribution in [-0.4, -0.2) is 42.8 Å². The van der Waals surface area contributed by atoms with Gasteiger partial charge < -0.3 is 14.3 Å². The number of furan rings is 1. The fourth-order valence-electron chi connectivity index (χ4n) is 3.28. The minimum absolute atomic E-state index is 0.256. The number of nitrogens with zero attached hydrogens (tertiary/aromatic N) is 1. The van der Waals surface area contributed by atoms with Crippen molar-refractivity contribution in [3.8, 4) is 0 Å². The number of carbonyl (C=O) groups is 1. The molecule has 1 aromatic heterocycles. The second-order valence-electron chi connectivity index (χ2n) is 6.15. The number of likely N-dealkylation sites (tertiary alicyclic amines) is 1. The van der Waals surface area contributed by atoms with Gasteiger partial charge in [0.15, 0.2) is 5.22 Å². The van der Waals surface area contributed by atoms with Gasteiger partial charge in [0, 0.05) is 24.6 Å². The molecule has 2 aromatic rings. The third-order valence-electron chi connectivity index (χ3n) is 4.72. The van der Waals surface area contributed by atoms with Crippen LogP contribution in [0.15, 0.2) is 28.7 Å². The quantitative estimate of drug-likeness (QED) is 0.906. The summed E-state index contributed by atoms with van der Waals surface area (Å²) in [5.41, 5.74) is 0.980. The van der Waals surface area contributed by atoms with Gasteiger partial charge in [0.25, 0.3) is 0 Å². The van der Waals surface area contributed by atoms with Gasteiger partial charge in [-0.2, -0.15) is 0 Å². The smallest absolute Gasteiger partial charge is 0.312 e. The fraction of sp³-hybridized carbons (Fsp3) is 0.471. The van der Waals surface area contributed by atoms with Crippen molar-refractivity contribution in [2.24, 2.45) is 5.41 Å². The lowest BCUT2D eigenvalue weighted by Gasteiger charge is -2.38. The van der Waals surface area contributed by atoms with Gasteiger partial charge in [0.2, 0.25) is 0 Å². The maximum absolute atomic E-state index is 11.6. The number of carboxylic acid groups (broad SMARTS) is 1. The Bertz CT molecular complexity index is 704. The average molecular weight is 338 g/mol. The molecule has 1 saturated heterocycles. The van der Waals surface area contributed by atoms with Crippen LogP contribution in [0.1, 0.15) is 18.4 Å². The second-order valence-corrected chi connectivity index (χ2v) is 6.49. The summed E-state index contributed by atoms with van der Waals surface area (Å²) in [4.78, 5) is 13.8. The Labute approximate surface area is 139 Å². The van der Waals surface area contributed by atoms with Gasteiger partial charge in [-0.3, -0.25) is 9.69 Å². The monoisotopic (exact) mass is 337 g/mol. The minimum Gasteiger partial charge on any atom is -0.481 e. The predicted molar refractivity (Wildman–Crippen MR) is 87.7 cm³/mol. The molecule has 0 amide bonds. The average Bonchev–Trinajstić information content (AvgIpc) is 2.85. The number of benzene rings is 1. The molecule has 2 heterocycles. The lowest BCUT2D eigenvalue weighted by Crippen LogP contribution is -2.46. The van der Waals surface area contributed by atoms with Gasteiger partial charge >= 0.3 is 5.97 Å². The molecule has 0 bridgehead atoms. The molecular weight excluding hydrogens is 318 g/mol. The minimum atomic E-state index is -0.772. The van der Waals surface area contributed by atoms with E-state index in [0.29, 0.717) is 37.7 Å². The van der Waals surface area contributed by atoms with Crippen molar-refractivity contribution in [2.75, 3.05) is 26.8 Å². The van der Waals surface area contributed by atoms with E-state index < -0.39 is 11.4 Å². The summed E-state index contributed by atoms with van der Waals surface area (Å²) in [6.45, 7) is 2.32. The van der Waals surface area contributed by atoms with Gasteiger partial charge in [0.05, 0.1) is 12.0 Å². The van der Waals surface area contributed by atoms with Gasteiger partial charge in [-0.25, -0.2) is 0 Å². The zero-order chi connectivity index (χ0) is 16.4. The second kappa shape index (κ2) is 6.51. The van der Waals surface area contributed by atoms with E-state index in [-0.39, 0.29) is 6.61 Å². The largest absolute Gasteiger partial charge is 0.481 e. The van der Waals surface area contributed by atoms with Crippen LogP contribution in [0, 0.1) is 5.41 Å². The molecule has 23 heavy (non-hydrogen) atoms. The Balaban J connectivity index is 1.73. The summed E-state index contributed by atoms with van der Waals surface area (Å²) in [6, 6.07) is 7.77. The highest BCUT2D eigenvalue weighted by Crippen LogP contribution is 2.35. The van der Waals surface area contributed by atoms with Crippen molar-refractivity contribution in [2.45, 2.75) is 19.4 Å². The van der Waals surface area contributed by atoms with E-state index in [2.05, 4.69) is 4.90 Å². The molecule has 1 aliphatic rings. The number of ether oxygens (including phenoxy) is 1. The molecule has 0 radical (unpaired) electrons. The summed E-state index contributed by atoms with van der Waals surface area (Å²) in [5.74, 6) is -0.772. The number of aliphatic carboxylic acids is 1. The Morgan fingerprint density at radius 3 is 2.74 bits per heavy atom. The summed E-state index contributed by atoms with van der Waals surface area (Å²) < 4.78 is 10.7. The summed E-state index contributed by atoms with van der Waals surface area (Å²) in [7, 11) is 1.55.